The van der Waals surface area contributed by atoms with Gasteiger partial charge in [0.05, 0.1) is 11.9 Å². The van der Waals surface area contributed by atoms with Gasteiger partial charge in [-0.1, -0.05) is 41.9 Å². The molecule has 0 radical (unpaired) electrons. The SMILES string of the molecule is CCn1ncc(NCC(N)c2ccccc2)c(Cl)c1=O. The van der Waals surface area contributed by atoms with Gasteiger partial charge in [0.15, 0.2) is 0 Å². The van der Waals surface area contributed by atoms with E-state index in [2.05, 4.69) is 10.4 Å². The number of nitrogens with one attached hydrogen (secondary N) is 1. The fourth-order valence-corrected chi connectivity index (χ4v) is 2.06. The van der Waals surface area contributed by atoms with Gasteiger partial charge in [0.25, 0.3) is 5.56 Å². The van der Waals surface area contributed by atoms with Crippen molar-refractivity contribution in [3.8, 4) is 0 Å². The van der Waals surface area contributed by atoms with E-state index < -0.39 is 0 Å². The van der Waals surface area contributed by atoms with Gasteiger partial charge < -0.3 is 11.1 Å². The second-order valence-electron chi connectivity index (χ2n) is 4.39. The van der Waals surface area contributed by atoms with Crippen LogP contribution < -0.4 is 16.6 Å². The van der Waals surface area contributed by atoms with Crippen LogP contribution in [0.1, 0.15) is 18.5 Å². The summed E-state index contributed by atoms with van der Waals surface area (Å²) in [5.74, 6) is 0. The predicted octanol–water partition coefficient (Wildman–Crippen LogP) is 2.03. The normalized spacial score (nSPS) is 12.2. The highest BCUT2D eigenvalue weighted by Gasteiger charge is 2.10. The van der Waals surface area contributed by atoms with Gasteiger partial charge in [-0.2, -0.15) is 5.10 Å². The average molecular weight is 293 g/mol. The number of halogens is 1. The summed E-state index contributed by atoms with van der Waals surface area (Å²) in [7, 11) is 0. The Kier molecular flexibility index (Phi) is 4.76. The fraction of sp³-hybridized carbons (Fsp3) is 0.286. The summed E-state index contributed by atoms with van der Waals surface area (Å²) in [6, 6.07) is 9.55. The standard InChI is InChI=1S/C14H17ClN4O/c1-2-19-14(20)13(15)12(9-18-19)17-8-11(16)10-6-4-3-5-7-10/h3-7,9,11,17H,2,8,16H2,1H3. The second-order valence-corrected chi connectivity index (χ2v) is 4.77. The predicted molar refractivity (Wildman–Crippen MR) is 81.0 cm³/mol. The zero-order valence-electron chi connectivity index (χ0n) is 11.2. The minimum Gasteiger partial charge on any atom is -0.380 e. The van der Waals surface area contributed by atoms with Gasteiger partial charge in [-0.25, -0.2) is 4.68 Å². The number of hydrogen-bond acceptors (Lipinski definition) is 4. The van der Waals surface area contributed by atoms with Gasteiger partial charge >= 0.3 is 0 Å². The molecule has 0 aliphatic rings. The van der Waals surface area contributed by atoms with Gasteiger partial charge in [-0.3, -0.25) is 4.79 Å². The summed E-state index contributed by atoms with van der Waals surface area (Å²) >= 11 is 6.03. The lowest BCUT2D eigenvalue weighted by Crippen LogP contribution is -2.25. The van der Waals surface area contributed by atoms with Crippen LogP contribution in [0.4, 0.5) is 5.69 Å². The van der Waals surface area contributed by atoms with E-state index in [1.165, 1.54) is 4.68 Å². The van der Waals surface area contributed by atoms with E-state index in [1.54, 1.807) is 6.20 Å². The van der Waals surface area contributed by atoms with Crippen molar-refractivity contribution in [1.82, 2.24) is 9.78 Å². The number of benzene rings is 1. The average Bonchev–Trinajstić information content (AvgIpc) is 2.49. The van der Waals surface area contributed by atoms with Crippen LogP contribution in [0.2, 0.25) is 5.02 Å². The lowest BCUT2D eigenvalue weighted by atomic mass is 10.1. The van der Waals surface area contributed by atoms with Crippen molar-refractivity contribution >= 4 is 17.3 Å². The molecule has 5 nitrogen and oxygen atoms in total. The molecular weight excluding hydrogens is 276 g/mol. The molecule has 0 spiro atoms. The summed E-state index contributed by atoms with van der Waals surface area (Å²) in [4.78, 5) is 11.8. The fourth-order valence-electron chi connectivity index (χ4n) is 1.85. The molecule has 106 valence electrons. The third kappa shape index (κ3) is 3.18. The Morgan fingerprint density at radius 3 is 2.75 bits per heavy atom. The van der Waals surface area contributed by atoms with E-state index in [0.29, 0.717) is 18.8 Å². The lowest BCUT2D eigenvalue weighted by Gasteiger charge is -2.15. The van der Waals surface area contributed by atoms with Crippen molar-refractivity contribution in [3.05, 3.63) is 57.5 Å². The molecule has 1 unspecified atom stereocenters. The maximum atomic E-state index is 11.8. The van der Waals surface area contributed by atoms with E-state index in [4.69, 9.17) is 17.3 Å². The monoisotopic (exact) mass is 292 g/mol. The maximum absolute atomic E-state index is 11.8. The lowest BCUT2D eigenvalue weighted by molar-refractivity contribution is 0.616. The first-order valence-electron chi connectivity index (χ1n) is 6.43. The largest absolute Gasteiger partial charge is 0.380 e. The minimum absolute atomic E-state index is 0.141. The van der Waals surface area contributed by atoms with Crippen LogP contribution in [0.25, 0.3) is 0 Å². The van der Waals surface area contributed by atoms with E-state index in [-0.39, 0.29) is 16.6 Å². The molecule has 1 atom stereocenters. The van der Waals surface area contributed by atoms with Gasteiger partial charge in [-0.05, 0) is 12.5 Å². The zero-order valence-corrected chi connectivity index (χ0v) is 12.0. The van der Waals surface area contributed by atoms with Crippen molar-refractivity contribution in [2.75, 3.05) is 11.9 Å². The Morgan fingerprint density at radius 1 is 1.40 bits per heavy atom. The Bertz CT molecular complexity index is 627. The van der Waals surface area contributed by atoms with Crippen molar-refractivity contribution in [2.45, 2.75) is 19.5 Å². The van der Waals surface area contributed by atoms with Gasteiger partial charge in [0, 0.05) is 19.1 Å². The molecule has 1 heterocycles. The first kappa shape index (κ1) is 14.6. The number of aryl methyl sites for hydroxylation is 1. The number of rotatable bonds is 5. The molecule has 1 aromatic heterocycles. The molecule has 0 aliphatic heterocycles. The van der Waals surface area contributed by atoms with Gasteiger partial charge in [-0.15, -0.1) is 0 Å². The summed E-state index contributed by atoms with van der Waals surface area (Å²) < 4.78 is 1.31. The van der Waals surface area contributed by atoms with E-state index in [0.717, 1.165) is 5.56 Å². The molecule has 2 aromatic rings. The van der Waals surface area contributed by atoms with Crippen molar-refractivity contribution in [2.24, 2.45) is 5.73 Å². The highest BCUT2D eigenvalue weighted by molar-refractivity contribution is 6.32. The minimum atomic E-state index is -0.299. The number of anilines is 1. The van der Waals surface area contributed by atoms with E-state index in [1.807, 2.05) is 37.3 Å². The molecule has 1 aromatic carbocycles. The first-order chi connectivity index (χ1) is 9.63. The second kappa shape index (κ2) is 6.54. The van der Waals surface area contributed by atoms with Crippen LogP contribution in [0.5, 0.6) is 0 Å². The summed E-state index contributed by atoms with van der Waals surface area (Å²) in [5, 5.41) is 7.24. The highest BCUT2D eigenvalue weighted by atomic mass is 35.5. The van der Waals surface area contributed by atoms with E-state index in [9.17, 15) is 4.79 Å². The summed E-state index contributed by atoms with van der Waals surface area (Å²) in [5.41, 5.74) is 7.31. The van der Waals surface area contributed by atoms with E-state index >= 15 is 0 Å². The van der Waals surface area contributed by atoms with Crippen molar-refractivity contribution in [3.63, 3.8) is 0 Å². The number of aromatic nitrogens is 2. The van der Waals surface area contributed by atoms with Crippen LogP contribution in [0.15, 0.2) is 41.3 Å². The van der Waals surface area contributed by atoms with Gasteiger partial charge in [0.1, 0.15) is 5.02 Å². The molecule has 2 rings (SSSR count). The molecule has 0 saturated heterocycles. The third-order valence-electron chi connectivity index (χ3n) is 3.02. The Morgan fingerprint density at radius 2 is 2.10 bits per heavy atom. The molecule has 0 amide bonds. The molecular formula is C14H17ClN4O. The topological polar surface area (TPSA) is 72.9 Å². The molecule has 20 heavy (non-hydrogen) atoms. The molecule has 0 aliphatic carbocycles. The zero-order chi connectivity index (χ0) is 14.5. The molecule has 0 bridgehead atoms. The molecule has 0 saturated carbocycles. The quantitative estimate of drug-likeness (QED) is 0.884. The van der Waals surface area contributed by atoms with Crippen LogP contribution in [0, 0.1) is 0 Å². The number of nitrogens with two attached hydrogens (primary N) is 1. The first-order valence-corrected chi connectivity index (χ1v) is 6.81. The van der Waals surface area contributed by atoms with Crippen molar-refractivity contribution < 1.29 is 0 Å². The van der Waals surface area contributed by atoms with Crippen LogP contribution in [0.3, 0.4) is 0 Å². The molecule has 6 heteroatoms. The van der Waals surface area contributed by atoms with Gasteiger partial charge in [0.2, 0.25) is 0 Å². The van der Waals surface area contributed by atoms with Crippen molar-refractivity contribution in [1.29, 1.82) is 0 Å². The third-order valence-corrected chi connectivity index (χ3v) is 3.39. The Hall–Kier alpha value is -1.85. The Labute approximate surface area is 122 Å². The number of hydrogen-bond donors (Lipinski definition) is 2. The number of nitrogens with zero attached hydrogens (tertiary/aromatic N) is 2. The van der Waals surface area contributed by atoms with Crippen LogP contribution in [-0.4, -0.2) is 16.3 Å². The highest BCUT2D eigenvalue weighted by Crippen LogP contribution is 2.17. The smallest absolute Gasteiger partial charge is 0.287 e. The summed E-state index contributed by atoms with van der Waals surface area (Å²) in [6.07, 6.45) is 1.55. The molecule has 0 fully saturated rings. The van der Waals surface area contributed by atoms with Crippen LogP contribution >= 0.6 is 11.6 Å². The van der Waals surface area contributed by atoms with Crippen LogP contribution in [-0.2, 0) is 6.54 Å². The maximum Gasteiger partial charge on any atom is 0.287 e. The summed E-state index contributed by atoms with van der Waals surface area (Å²) in [6.45, 7) is 2.80. The molecule has 3 N–H and O–H groups in total. The Balaban J connectivity index is 2.08.